The minimum atomic E-state index is -0.403. The van der Waals surface area contributed by atoms with Gasteiger partial charge >= 0.3 is 6.03 Å². The molecule has 34 heavy (non-hydrogen) atoms. The summed E-state index contributed by atoms with van der Waals surface area (Å²) in [4.78, 5) is 27.8. The fourth-order valence-corrected chi connectivity index (χ4v) is 5.75. The molecule has 0 unspecified atom stereocenters. The molecule has 8 heteroatoms. The van der Waals surface area contributed by atoms with Gasteiger partial charge < -0.3 is 10.2 Å². The van der Waals surface area contributed by atoms with Gasteiger partial charge in [-0.2, -0.15) is 0 Å². The summed E-state index contributed by atoms with van der Waals surface area (Å²) in [6.07, 6.45) is 13.6. The van der Waals surface area contributed by atoms with Crippen molar-refractivity contribution in [1.82, 2.24) is 10.2 Å². The molecule has 2 aliphatic rings. The van der Waals surface area contributed by atoms with Crippen molar-refractivity contribution in [2.45, 2.75) is 57.8 Å². The average Bonchev–Trinajstić information content (AvgIpc) is 2.87. The fraction of sp³-hybridized carbons (Fsp3) is 0.654. The number of thioether (sulfide) groups is 1. The number of carbonyl (C=O) groups excluding carboxylic acids is 1. The molecule has 0 aliphatic heterocycles. The fourth-order valence-electron chi connectivity index (χ4n) is 5.33. The van der Waals surface area contributed by atoms with E-state index >= 15 is 0 Å². The van der Waals surface area contributed by atoms with E-state index in [1.54, 1.807) is 4.90 Å². The molecule has 1 aromatic carbocycles. The molecule has 0 spiro atoms. The second-order valence-electron chi connectivity index (χ2n) is 9.84. The molecular formula is C26H40N4O3S. The monoisotopic (exact) mass is 488 g/mol. The number of nitrogens with one attached hydrogen (secondary N) is 1. The molecule has 0 radical (unpaired) electrons. The highest BCUT2D eigenvalue weighted by Gasteiger charge is 2.29. The number of carbonyl (C=O) groups is 1. The van der Waals surface area contributed by atoms with Gasteiger partial charge in [0.05, 0.1) is 4.92 Å². The van der Waals surface area contributed by atoms with Crippen LogP contribution in [0.5, 0.6) is 0 Å². The zero-order valence-electron chi connectivity index (χ0n) is 20.7. The quantitative estimate of drug-likeness (QED) is 0.325. The lowest BCUT2D eigenvalue weighted by Gasteiger charge is -2.37. The van der Waals surface area contributed by atoms with Gasteiger partial charge in [0.1, 0.15) is 5.03 Å². The first-order chi connectivity index (χ1) is 16.5. The molecule has 0 aromatic heterocycles. The molecule has 2 aliphatic carbocycles. The molecule has 7 nitrogen and oxygen atoms in total. The van der Waals surface area contributed by atoms with Gasteiger partial charge in [-0.1, -0.05) is 37.5 Å². The third kappa shape index (κ3) is 8.22. The normalized spacial score (nSPS) is 21.6. The average molecular weight is 489 g/mol. The van der Waals surface area contributed by atoms with Crippen molar-refractivity contribution in [3.05, 3.63) is 51.7 Å². The number of anilines is 1. The lowest BCUT2D eigenvalue weighted by Crippen LogP contribution is -2.46. The Morgan fingerprint density at radius 2 is 1.62 bits per heavy atom. The summed E-state index contributed by atoms with van der Waals surface area (Å²) in [6.45, 7) is 2.46. The van der Waals surface area contributed by atoms with Gasteiger partial charge in [-0.25, -0.2) is 4.79 Å². The van der Waals surface area contributed by atoms with E-state index in [0.29, 0.717) is 22.8 Å². The maximum absolute atomic E-state index is 13.5. The number of benzene rings is 1. The van der Waals surface area contributed by atoms with E-state index in [1.807, 2.05) is 43.6 Å². The predicted molar refractivity (Wildman–Crippen MR) is 140 cm³/mol. The van der Waals surface area contributed by atoms with Crippen LogP contribution in [0.1, 0.15) is 57.8 Å². The second kappa shape index (κ2) is 13.6. The number of nitro groups is 1. The Bertz CT molecular complexity index is 806. The van der Waals surface area contributed by atoms with Crippen LogP contribution < -0.4 is 10.2 Å². The Morgan fingerprint density at radius 1 is 1.03 bits per heavy atom. The smallest absolute Gasteiger partial charge is 0.324 e. The highest BCUT2D eigenvalue weighted by Crippen LogP contribution is 2.31. The van der Waals surface area contributed by atoms with Gasteiger partial charge in [0, 0.05) is 32.4 Å². The van der Waals surface area contributed by atoms with Gasteiger partial charge in [0.15, 0.2) is 0 Å². The van der Waals surface area contributed by atoms with Gasteiger partial charge in [-0.15, -0.1) is 11.8 Å². The first kappa shape index (κ1) is 26.4. The van der Waals surface area contributed by atoms with E-state index in [4.69, 9.17) is 0 Å². The van der Waals surface area contributed by atoms with Crippen molar-refractivity contribution < 1.29 is 9.72 Å². The van der Waals surface area contributed by atoms with E-state index < -0.39 is 4.92 Å². The largest absolute Gasteiger partial charge is 0.375 e. The maximum Gasteiger partial charge on any atom is 0.324 e. The maximum atomic E-state index is 13.5. The summed E-state index contributed by atoms with van der Waals surface area (Å²) in [5.41, 5.74) is 0.934. The lowest BCUT2D eigenvalue weighted by atomic mass is 9.81. The van der Waals surface area contributed by atoms with Crippen LogP contribution in [0.3, 0.4) is 0 Å². The minimum Gasteiger partial charge on any atom is -0.375 e. The predicted octanol–water partition coefficient (Wildman–Crippen LogP) is 5.96. The number of hydrogen-bond donors (Lipinski definition) is 1. The van der Waals surface area contributed by atoms with Crippen LogP contribution in [0.2, 0.25) is 0 Å². The Morgan fingerprint density at radius 3 is 2.21 bits per heavy atom. The Hall–Kier alpha value is -2.22. The highest BCUT2D eigenvalue weighted by molar-refractivity contribution is 8.02. The Labute approximate surface area is 208 Å². The number of hydrogen-bond acceptors (Lipinski definition) is 5. The first-order valence-corrected chi connectivity index (χ1v) is 13.9. The van der Waals surface area contributed by atoms with Gasteiger partial charge in [-0.3, -0.25) is 15.0 Å². The molecule has 1 N–H and O–H groups in total. The van der Waals surface area contributed by atoms with Gasteiger partial charge in [0.25, 0.3) is 6.20 Å². The Balaban J connectivity index is 1.56. The van der Waals surface area contributed by atoms with E-state index in [2.05, 4.69) is 10.2 Å². The van der Waals surface area contributed by atoms with Crippen molar-refractivity contribution in [2.24, 2.45) is 17.8 Å². The molecule has 2 amide bonds. The first-order valence-electron chi connectivity index (χ1n) is 12.7. The van der Waals surface area contributed by atoms with Gasteiger partial charge in [-0.05, 0) is 74.7 Å². The van der Waals surface area contributed by atoms with Crippen LogP contribution in [0.4, 0.5) is 10.5 Å². The molecule has 0 heterocycles. The summed E-state index contributed by atoms with van der Waals surface area (Å²) < 4.78 is 0. The van der Waals surface area contributed by atoms with E-state index in [0.717, 1.165) is 57.2 Å². The number of nitrogens with zero attached hydrogens (tertiary/aromatic N) is 3. The standard InChI is InChI=1S/C26H40N4O3S/c1-28(24-11-7-4-8-12-24)26(31)29(18-22-9-5-3-6-10-22)19-23-15-13-21(14-16-23)17-27-25(34-2)20-30(32)33/h4,7-8,11-12,20-23,27H,3,5-6,9-10,13-19H2,1-2H3. The van der Waals surface area contributed by atoms with Crippen molar-refractivity contribution >= 4 is 23.5 Å². The third-order valence-corrected chi connectivity index (χ3v) is 8.05. The summed E-state index contributed by atoms with van der Waals surface area (Å²) >= 11 is 1.38. The van der Waals surface area contributed by atoms with Gasteiger partial charge in [0.2, 0.25) is 0 Å². The lowest BCUT2D eigenvalue weighted by molar-refractivity contribution is -0.403. The van der Waals surface area contributed by atoms with Crippen molar-refractivity contribution in [3.8, 4) is 0 Å². The van der Waals surface area contributed by atoms with Crippen LogP contribution in [-0.4, -0.2) is 48.8 Å². The molecule has 0 bridgehead atoms. The molecule has 1 aromatic rings. The second-order valence-corrected chi connectivity index (χ2v) is 10.7. The molecule has 3 rings (SSSR count). The van der Waals surface area contributed by atoms with Crippen LogP contribution in [0.25, 0.3) is 0 Å². The van der Waals surface area contributed by atoms with Crippen molar-refractivity contribution in [2.75, 3.05) is 37.8 Å². The van der Waals surface area contributed by atoms with Crippen LogP contribution in [0, 0.1) is 27.9 Å². The summed E-state index contributed by atoms with van der Waals surface area (Å²) in [5, 5.41) is 14.6. The summed E-state index contributed by atoms with van der Waals surface area (Å²) in [6, 6.07) is 10.0. The number of amides is 2. The topological polar surface area (TPSA) is 78.7 Å². The molecular weight excluding hydrogens is 448 g/mol. The molecule has 2 saturated carbocycles. The van der Waals surface area contributed by atoms with E-state index in [-0.39, 0.29) is 6.03 Å². The van der Waals surface area contributed by atoms with Crippen LogP contribution in [-0.2, 0) is 0 Å². The number of urea groups is 1. The Kier molecular flexibility index (Phi) is 10.6. The van der Waals surface area contributed by atoms with E-state index in [9.17, 15) is 14.9 Å². The third-order valence-electron chi connectivity index (χ3n) is 7.36. The summed E-state index contributed by atoms with van der Waals surface area (Å²) in [5.74, 6) is 1.65. The minimum absolute atomic E-state index is 0.107. The molecule has 0 atom stereocenters. The van der Waals surface area contributed by atoms with Crippen molar-refractivity contribution in [3.63, 3.8) is 0 Å². The number of rotatable bonds is 10. The summed E-state index contributed by atoms with van der Waals surface area (Å²) in [7, 11) is 1.88. The number of para-hydroxylation sites is 1. The van der Waals surface area contributed by atoms with Crippen LogP contribution in [0.15, 0.2) is 41.6 Å². The molecule has 0 saturated heterocycles. The van der Waals surface area contributed by atoms with Crippen LogP contribution >= 0.6 is 11.8 Å². The van der Waals surface area contributed by atoms with E-state index in [1.165, 1.54) is 43.9 Å². The zero-order chi connectivity index (χ0) is 24.3. The molecule has 188 valence electrons. The SMILES string of the molecule is CSC(=C[N+](=O)[O-])NCC1CCC(CN(CC2CCCCC2)C(=O)N(C)c2ccccc2)CC1. The molecule has 2 fully saturated rings. The zero-order valence-corrected chi connectivity index (χ0v) is 21.5. The highest BCUT2D eigenvalue weighted by atomic mass is 32.2. The van der Waals surface area contributed by atoms with Crippen molar-refractivity contribution in [1.29, 1.82) is 0 Å².